The van der Waals surface area contributed by atoms with E-state index in [1.807, 2.05) is 0 Å². The summed E-state index contributed by atoms with van der Waals surface area (Å²) in [5.41, 5.74) is 0.840. The second-order valence-electron chi connectivity index (χ2n) is 2.44. The van der Waals surface area contributed by atoms with Crippen LogP contribution >= 0.6 is 0 Å². The van der Waals surface area contributed by atoms with Crippen molar-refractivity contribution in [2.45, 2.75) is 18.9 Å². The van der Waals surface area contributed by atoms with E-state index in [1.54, 1.807) is 24.7 Å². The summed E-state index contributed by atoms with van der Waals surface area (Å²) in [7, 11) is 0. The summed E-state index contributed by atoms with van der Waals surface area (Å²) in [6.07, 6.45) is 6.05. The predicted octanol–water partition coefficient (Wildman–Crippen LogP) is 2.28. The number of hydrogen-bond donors (Lipinski definition) is 1. The van der Waals surface area contributed by atoms with E-state index in [9.17, 15) is 5.11 Å². The van der Waals surface area contributed by atoms with Crippen LogP contribution in [0.2, 0.25) is 0 Å². The lowest BCUT2D eigenvalue weighted by Gasteiger charge is -2.04. The van der Waals surface area contributed by atoms with Crippen molar-refractivity contribution in [1.82, 2.24) is 0 Å². The Kier molecular flexibility index (Phi) is 2.93. The molecule has 1 atom stereocenters. The van der Waals surface area contributed by atoms with Gasteiger partial charge >= 0.3 is 0 Å². The highest BCUT2D eigenvalue weighted by atomic mass is 16.3. The van der Waals surface area contributed by atoms with Crippen molar-refractivity contribution in [3.05, 3.63) is 36.8 Å². The van der Waals surface area contributed by atoms with Crippen LogP contribution in [0.5, 0.6) is 0 Å². The molecule has 0 aliphatic rings. The Morgan fingerprint density at radius 1 is 1.73 bits per heavy atom. The summed E-state index contributed by atoms with van der Waals surface area (Å²) in [5, 5.41) is 9.43. The third-order valence-corrected chi connectivity index (χ3v) is 1.57. The Bertz CT molecular complexity index is 201. The van der Waals surface area contributed by atoms with Gasteiger partial charge in [0.1, 0.15) is 0 Å². The molecule has 2 nitrogen and oxygen atoms in total. The van der Waals surface area contributed by atoms with Gasteiger partial charge in [0.2, 0.25) is 0 Å². The molecule has 2 heteroatoms. The third kappa shape index (κ3) is 2.24. The molecule has 1 N–H and O–H groups in total. The van der Waals surface area contributed by atoms with Crippen LogP contribution in [-0.2, 0) is 0 Å². The van der Waals surface area contributed by atoms with Crippen LogP contribution in [-0.4, -0.2) is 5.11 Å². The zero-order valence-corrected chi connectivity index (χ0v) is 6.36. The molecule has 0 aliphatic carbocycles. The quantitative estimate of drug-likeness (QED) is 0.671. The summed E-state index contributed by atoms with van der Waals surface area (Å²) in [5.74, 6) is 0. The molecule has 60 valence electrons. The average Bonchev–Trinajstić information content (AvgIpc) is 2.52. The topological polar surface area (TPSA) is 33.4 Å². The van der Waals surface area contributed by atoms with Crippen LogP contribution < -0.4 is 0 Å². The van der Waals surface area contributed by atoms with Crippen molar-refractivity contribution < 1.29 is 9.52 Å². The van der Waals surface area contributed by atoms with Gasteiger partial charge in [-0.05, 0) is 18.9 Å². The van der Waals surface area contributed by atoms with E-state index in [0.29, 0.717) is 6.42 Å². The molecule has 0 aliphatic heterocycles. The van der Waals surface area contributed by atoms with Crippen molar-refractivity contribution in [1.29, 1.82) is 0 Å². The molecule has 1 aromatic heterocycles. The van der Waals surface area contributed by atoms with Crippen LogP contribution in [0.25, 0.3) is 0 Å². The second-order valence-corrected chi connectivity index (χ2v) is 2.44. The maximum atomic E-state index is 9.43. The summed E-state index contributed by atoms with van der Waals surface area (Å²) in [6.45, 7) is 3.58. The summed E-state index contributed by atoms with van der Waals surface area (Å²) >= 11 is 0. The molecular formula is C9H12O2. The number of aliphatic hydroxyl groups is 1. The average molecular weight is 152 g/mol. The van der Waals surface area contributed by atoms with Gasteiger partial charge in [-0.1, -0.05) is 6.08 Å². The Labute approximate surface area is 66.2 Å². The number of hydrogen-bond acceptors (Lipinski definition) is 2. The Balaban J connectivity index is 2.42. The minimum absolute atomic E-state index is 0.410. The fourth-order valence-corrected chi connectivity index (χ4v) is 0.907. The van der Waals surface area contributed by atoms with Crippen LogP contribution in [0.1, 0.15) is 24.5 Å². The monoisotopic (exact) mass is 152 g/mol. The van der Waals surface area contributed by atoms with Gasteiger partial charge in [-0.2, -0.15) is 0 Å². The third-order valence-electron chi connectivity index (χ3n) is 1.57. The van der Waals surface area contributed by atoms with E-state index in [-0.39, 0.29) is 0 Å². The summed E-state index contributed by atoms with van der Waals surface area (Å²) in [6, 6.07) is 1.77. The zero-order chi connectivity index (χ0) is 8.10. The fraction of sp³-hybridized carbons (Fsp3) is 0.333. The standard InChI is InChI=1S/C9H12O2/c1-2-3-4-9(10)8-5-6-11-7-8/h2,5-7,9-10H,1,3-4H2. The molecule has 1 aromatic rings. The van der Waals surface area contributed by atoms with Gasteiger partial charge in [-0.25, -0.2) is 0 Å². The lowest BCUT2D eigenvalue weighted by molar-refractivity contribution is 0.168. The van der Waals surface area contributed by atoms with Crippen molar-refractivity contribution in [3.8, 4) is 0 Å². The van der Waals surface area contributed by atoms with Gasteiger partial charge in [0.25, 0.3) is 0 Å². The molecule has 1 rings (SSSR count). The molecule has 1 unspecified atom stereocenters. The van der Waals surface area contributed by atoms with Crippen LogP contribution in [0.3, 0.4) is 0 Å². The first kappa shape index (κ1) is 8.08. The SMILES string of the molecule is C=CCCC(O)c1ccoc1. The molecular weight excluding hydrogens is 140 g/mol. The Morgan fingerprint density at radius 2 is 2.55 bits per heavy atom. The first-order valence-corrected chi connectivity index (χ1v) is 3.65. The van der Waals surface area contributed by atoms with Crippen molar-refractivity contribution in [2.75, 3.05) is 0 Å². The minimum Gasteiger partial charge on any atom is -0.472 e. The van der Waals surface area contributed by atoms with E-state index in [4.69, 9.17) is 4.42 Å². The van der Waals surface area contributed by atoms with Gasteiger partial charge in [-0.3, -0.25) is 0 Å². The molecule has 0 aromatic carbocycles. The number of allylic oxidation sites excluding steroid dienone is 1. The molecule has 0 saturated heterocycles. The normalized spacial score (nSPS) is 12.8. The smallest absolute Gasteiger partial charge is 0.0960 e. The fourth-order valence-electron chi connectivity index (χ4n) is 0.907. The van der Waals surface area contributed by atoms with Crippen molar-refractivity contribution >= 4 is 0 Å². The highest BCUT2D eigenvalue weighted by Crippen LogP contribution is 2.17. The van der Waals surface area contributed by atoms with Gasteiger partial charge in [0, 0.05) is 5.56 Å². The number of furan rings is 1. The van der Waals surface area contributed by atoms with Gasteiger partial charge in [0.05, 0.1) is 18.6 Å². The molecule has 0 saturated carbocycles. The highest BCUT2D eigenvalue weighted by molar-refractivity contribution is 5.08. The number of rotatable bonds is 4. The highest BCUT2D eigenvalue weighted by Gasteiger charge is 2.06. The van der Waals surface area contributed by atoms with Crippen molar-refractivity contribution in [3.63, 3.8) is 0 Å². The van der Waals surface area contributed by atoms with Crippen LogP contribution in [0, 0.1) is 0 Å². The first-order chi connectivity index (χ1) is 5.34. The Hall–Kier alpha value is -1.02. The van der Waals surface area contributed by atoms with E-state index in [1.165, 1.54) is 0 Å². The molecule has 0 spiro atoms. The predicted molar refractivity (Wildman–Crippen MR) is 43.1 cm³/mol. The maximum absolute atomic E-state index is 9.43. The second kappa shape index (κ2) is 3.98. The van der Waals surface area contributed by atoms with Gasteiger partial charge in [0.15, 0.2) is 0 Å². The van der Waals surface area contributed by atoms with Crippen molar-refractivity contribution in [2.24, 2.45) is 0 Å². The van der Waals surface area contributed by atoms with E-state index >= 15 is 0 Å². The lowest BCUT2D eigenvalue weighted by Crippen LogP contribution is -1.93. The molecule has 1 heterocycles. The van der Waals surface area contributed by atoms with Crippen LogP contribution in [0.15, 0.2) is 35.7 Å². The zero-order valence-electron chi connectivity index (χ0n) is 6.36. The number of aliphatic hydroxyl groups excluding tert-OH is 1. The lowest BCUT2D eigenvalue weighted by atomic mass is 10.1. The molecule has 11 heavy (non-hydrogen) atoms. The maximum Gasteiger partial charge on any atom is 0.0960 e. The summed E-state index contributed by atoms with van der Waals surface area (Å²) < 4.78 is 4.83. The van der Waals surface area contributed by atoms with Crippen LogP contribution in [0.4, 0.5) is 0 Å². The van der Waals surface area contributed by atoms with E-state index in [2.05, 4.69) is 6.58 Å². The van der Waals surface area contributed by atoms with E-state index in [0.717, 1.165) is 12.0 Å². The minimum atomic E-state index is -0.410. The first-order valence-electron chi connectivity index (χ1n) is 3.65. The van der Waals surface area contributed by atoms with E-state index < -0.39 is 6.10 Å². The largest absolute Gasteiger partial charge is 0.472 e. The molecule has 0 fully saturated rings. The van der Waals surface area contributed by atoms with Gasteiger partial charge in [-0.15, -0.1) is 6.58 Å². The molecule has 0 bridgehead atoms. The Morgan fingerprint density at radius 3 is 3.09 bits per heavy atom. The molecule has 0 radical (unpaired) electrons. The molecule has 0 amide bonds. The summed E-state index contributed by atoms with van der Waals surface area (Å²) in [4.78, 5) is 0. The van der Waals surface area contributed by atoms with Gasteiger partial charge < -0.3 is 9.52 Å².